The Balaban J connectivity index is 1.24. The molecule has 2 fully saturated rings. The maximum atomic E-state index is 13.4. The SMILES string of the molecule is CC(Nc1c(C2=C=CC=C(OC(F)(F)F)C=C2)nc2cnccn12)C(=O)N1CCN(CCC2CCCCC2)CC1. The average molecular weight is 557 g/mol. The summed E-state index contributed by atoms with van der Waals surface area (Å²) < 4.78 is 43.9. The number of ether oxygens (including phenoxy) is 1. The van der Waals surface area contributed by atoms with Crippen LogP contribution in [0.1, 0.15) is 51.1 Å². The lowest BCUT2D eigenvalue weighted by molar-refractivity contribution is -0.303. The van der Waals surface area contributed by atoms with E-state index in [0.29, 0.717) is 35.8 Å². The smallest absolute Gasteiger partial charge is 0.406 e. The molecule has 1 unspecified atom stereocenters. The van der Waals surface area contributed by atoms with Gasteiger partial charge in [0.25, 0.3) is 0 Å². The largest absolute Gasteiger partial charge is 0.573 e. The van der Waals surface area contributed by atoms with Gasteiger partial charge in [0.15, 0.2) is 5.65 Å². The lowest BCUT2D eigenvalue weighted by Gasteiger charge is -2.37. The fraction of sp³-hybridized carbons (Fsp3) is 0.517. The molecule has 1 aliphatic heterocycles. The lowest BCUT2D eigenvalue weighted by Crippen LogP contribution is -2.52. The van der Waals surface area contributed by atoms with Crippen LogP contribution in [0.4, 0.5) is 19.0 Å². The second-order valence-corrected chi connectivity index (χ2v) is 10.6. The van der Waals surface area contributed by atoms with Gasteiger partial charge in [-0.05, 0) is 50.1 Å². The molecule has 1 atom stereocenters. The number of piperazine rings is 1. The second kappa shape index (κ2) is 12.3. The Kier molecular flexibility index (Phi) is 8.61. The van der Waals surface area contributed by atoms with Crippen LogP contribution in [0.3, 0.4) is 0 Å². The van der Waals surface area contributed by atoms with Crippen molar-refractivity contribution in [3.05, 3.63) is 60.1 Å². The summed E-state index contributed by atoms with van der Waals surface area (Å²) >= 11 is 0. The van der Waals surface area contributed by atoms with Crippen molar-refractivity contribution < 1.29 is 22.7 Å². The number of imidazole rings is 1. The van der Waals surface area contributed by atoms with Gasteiger partial charge in [0.1, 0.15) is 23.3 Å². The summed E-state index contributed by atoms with van der Waals surface area (Å²) in [5.74, 6) is 1.01. The molecule has 3 heterocycles. The fourth-order valence-corrected chi connectivity index (χ4v) is 5.64. The summed E-state index contributed by atoms with van der Waals surface area (Å²) in [5.41, 5.74) is 4.37. The normalized spacial score (nSPS) is 19.8. The maximum absolute atomic E-state index is 13.4. The highest BCUT2D eigenvalue weighted by molar-refractivity contribution is 5.87. The molecule has 5 rings (SSSR count). The quantitative estimate of drug-likeness (QED) is 0.452. The van der Waals surface area contributed by atoms with Gasteiger partial charge in [-0.25, -0.2) is 4.98 Å². The molecule has 2 aromatic heterocycles. The molecule has 214 valence electrons. The van der Waals surface area contributed by atoms with Gasteiger partial charge in [-0.1, -0.05) is 32.1 Å². The number of amides is 1. The van der Waals surface area contributed by atoms with Crippen molar-refractivity contribution in [2.75, 3.05) is 38.0 Å². The van der Waals surface area contributed by atoms with Crippen LogP contribution in [0, 0.1) is 5.92 Å². The molecule has 1 amide bonds. The van der Waals surface area contributed by atoms with E-state index in [4.69, 9.17) is 0 Å². The van der Waals surface area contributed by atoms with Crippen LogP contribution in [0.25, 0.3) is 11.2 Å². The minimum atomic E-state index is -4.80. The number of anilines is 1. The Morgan fingerprint density at radius 2 is 1.95 bits per heavy atom. The van der Waals surface area contributed by atoms with Crippen molar-refractivity contribution in [2.45, 2.75) is 57.9 Å². The number of nitrogens with one attached hydrogen (secondary N) is 1. The van der Waals surface area contributed by atoms with Crippen LogP contribution in [0.15, 0.2) is 54.4 Å². The molecule has 11 heteroatoms. The number of rotatable bonds is 8. The highest BCUT2D eigenvalue weighted by atomic mass is 19.4. The first-order valence-corrected chi connectivity index (χ1v) is 14.0. The van der Waals surface area contributed by atoms with Crippen LogP contribution in [-0.2, 0) is 9.53 Å². The molecule has 0 bridgehead atoms. The number of alkyl halides is 3. The Morgan fingerprint density at radius 3 is 2.70 bits per heavy atom. The van der Waals surface area contributed by atoms with Gasteiger partial charge in [0.2, 0.25) is 5.91 Å². The van der Waals surface area contributed by atoms with E-state index in [-0.39, 0.29) is 11.7 Å². The molecule has 0 aromatic carbocycles. The standard InChI is InChI=1S/C29H35F3N6O2/c1-21(28(39)37-18-16-36(17-19-37)14-12-22-6-3-2-4-7-22)34-27-26(35-25-20-33-13-15-38(25)27)23-8-5-9-24(11-10-23)40-29(30,31)32/h5,9-11,13,15,20-22,34H,2-4,6-7,12,14,16-19H2,1H3. The second-order valence-electron chi connectivity index (χ2n) is 10.6. The third-order valence-electron chi connectivity index (χ3n) is 7.81. The van der Waals surface area contributed by atoms with Gasteiger partial charge in [-0.3, -0.25) is 19.1 Å². The van der Waals surface area contributed by atoms with Crippen molar-refractivity contribution in [1.29, 1.82) is 0 Å². The first-order chi connectivity index (χ1) is 19.3. The molecule has 1 N–H and O–H groups in total. The Bertz CT molecular complexity index is 1330. The minimum Gasteiger partial charge on any atom is -0.406 e. The molecule has 2 aromatic rings. The van der Waals surface area contributed by atoms with E-state index in [2.05, 4.69) is 30.7 Å². The highest BCUT2D eigenvalue weighted by Crippen LogP contribution is 2.29. The Morgan fingerprint density at radius 1 is 1.18 bits per heavy atom. The van der Waals surface area contributed by atoms with Crippen LogP contribution in [-0.4, -0.2) is 75.2 Å². The summed E-state index contributed by atoms with van der Waals surface area (Å²) in [6, 6.07) is -0.554. The molecular weight excluding hydrogens is 521 g/mol. The highest BCUT2D eigenvalue weighted by Gasteiger charge is 2.32. The van der Waals surface area contributed by atoms with Crippen molar-refractivity contribution in [1.82, 2.24) is 24.2 Å². The molecule has 1 saturated heterocycles. The number of fused-ring (bicyclic) bond motifs is 1. The third-order valence-corrected chi connectivity index (χ3v) is 7.81. The maximum Gasteiger partial charge on any atom is 0.573 e. The van der Waals surface area contributed by atoms with E-state index in [1.165, 1.54) is 62.8 Å². The Labute approximate surface area is 231 Å². The van der Waals surface area contributed by atoms with E-state index in [1.54, 1.807) is 23.0 Å². The number of halogens is 3. The van der Waals surface area contributed by atoms with E-state index in [0.717, 1.165) is 25.6 Å². The molecule has 40 heavy (non-hydrogen) atoms. The van der Waals surface area contributed by atoms with Crippen LogP contribution in [0.2, 0.25) is 0 Å². The zero-order chi connectivity index (χ0) is 28.1. The topological polar surface area (TPSA) is 75.0 Å². The van der Waals surface area contributed by atoms with Gasteiger partial charge < -0.3 is 15.0 Å². The van der Waals surface area contributed by atoms with E-state index in [9.17, 15) is 18.0 Å². The van der Waals surface area contributed by atoms with Gasteiger partial charge >= 0.3 is 6.36 Å². The van der Waals surface area contributed by atoms with Crippen molar-refractivity contribution in [3.63, 3.8) is 0 Å². The van der Waals surface area contributed by atoms with Gasteiger partial charge in [0, 0.05) is 44.1 Å². The predicted octanol–water partition coefficient (Wildman–Crippen LogP) is 5.17. The monoisotopic (exact) mass is 556 g/mol. The summed E-state index contributed by atoms with van der Waals surface area (Å²) in [4.78, 5) is 26.5. The van der Waals surface area contributed by atoms with Gasteiger partial charge in [-0.15, -0.1) is 18.9 Å². The third kappa shape index (κ3) is 6.95. The Hall–Kier alpha value is -3.56. The van der Waals surface area contributed by atoms with E-state index >= 15 is 0 Å². The number of carbonyl (C=O) groups is 1. The minimum absolute atomic E-state index is 0.00894. The molecule has 2 aliphatic carbocycles. The van der Waals surface area contributed by atoms with Gasteiger partial charge in [-0.2, -0.15) is 0 Å². The number of carbonyl (C=O) groups excluding carboxylic acids is 1. The van der Waals surface area contributed by atoms with E-state index in [1.807, 2.05) is 11.8 Å². The molecule has 8 nitrogen and oxygen atoms in total. The summed E-state index contributed by atoms with van der Waals surface area (Å²) in [7, 11) is 0. The van der Waals surface area contributed by atoms with E-state index < -0.39 is 12.4 Å². The number of allylic oxidation sites excluding steroid dienone is 4. The van der Waals surface area contributed by atoms with Crippen molar-refractivity contribution >= 4 is 22.9 Å². The zero-order valence-corrected chi connectivity index (χ0v) is 22.7. The molecule has 0 spiro atoms. The number of hydrogen-bond donors (Lipinski definition) is 1. The first kappa shape index (κ1) is 28.0. The average Bonchev–Trinajstić information content (AvgIpc) is 3.15. The van der Waals surface area contributed by atoms with Gasteiger partial charge in [0.05, 0.1) is 6.20 Å². The molecule has 0 radical (unpaired) electrons. The van der Waals surface area contributed by atoms with Crippen molar-refractivity contribution in [3.8, 4) is 0 Å². The molecule has 1 saturated carbocycles. The first-order valence-electron chi connectivity index (χ1n) is 14.0. The number of hydrogen-bond acceptors (Lipinski definition) is 6. The van der Waals surface area contributed by atoms with Crippen LogP contribution in [0.5, 0.6) is 0 Å². The fourth-order valence-electron chi connectivity index (χ4n) is 5.64. The van der Waals surface area contributed by atoms with Crippen LogP contribution >= 0.6 is 0 Å². The van der Waals surface area contributed by atoms with Crippen molar-refractivity contribution in [2.24, 2.45) is 5.92 Å². The molecule has 3 aliphatic rings. The lowest BCUT2D eigenvalue weighted by atomic mass is 9.87. The zero-order valence-electron chi connectivity index (χ0n) is 22.7. The molecular formula is C29H35F3N6O2. The summed E-state index contributed by atoms with van der Waals surface area (Å²) in [6.07, 6.45) is 13.3. The number of nitrogens with zero attached hydrogens (tertiary/aromatic N) is 5. The summed E-state index contributed by atoms with van der Waals surface area (Å²) in [6.45, 7) is 6.02. The summed E-state index contributed by atoms with van der Waals surface area (Å²) in [5, 5.41) is 3.31. The van der Waals surface area contributed by atoms with Crippen LogP contribution < -0.4 is 5.32 Å². The predicted molar refractivity (Wildman–Crippen MR) is 146 cm³/mol. The number of aromatic nitrogens is 3.